The number of rotatable bonds is 4. The Bertz CT molecular complexity index is 1060. The van der Waals surface area contributed by atoms with Gasteiger partial charge in [-0.15, -0.1) is 0 Å². The summed E-state index contributed by atoms with van der Waals surface area (Å²) < 4.78 is 1.59. The Morgan fingerprint density at radius 1 is 1.33 bits per heavy atom. The van der Waals surface area contributed by atoms with Crippen LogP contribution in [-0.2, 0) is 23.2 Å². The van der Waals surface area contributed by atoms with Crippen molar-refractivity contribution in [2.75, 3.05) is 0 Å². The molecule has 156 valence electrons. The molecule has 4 rings (SSSR count). The van der Waals surface area contributed by atoms with Crippen LogP contribution >= 0.6 is 0 Å². The van der Waals surface area contributed by atoms with Gasteiger partial charge in [-0.2, -0.15) is 5.10 Å². The van der Waals surface area contributed by atoms with Crippen molar-refractivity contribution in [3.63, 3.8) is 0 Å². The van der Waals surface area contributed by atoms with E-state index in [0.717, 1.165) is 10.6 Å². The highest BCUT2D eigenvalue weighted by Crippen LogP contribution is 2.36. The van der Waals surface area contributed by atoms with Crippen LogP contribution in [0.15, 0.2) is 24.3 Å². The molecule has 10 nitrogen and oxygen atoms in total. The number of hydrogen-bond acceptors (Lipinski definition) is 6. The number of piperidine rings is 1. The molecule has 1 aromatic carbocycles. The Kier molecular flexibility index (Phi) is 4.86. The lowest BCUT2D eigenvalue weighted by molar-refractivity contribution is -0.139. The van der Waals surface area contributed by atoms with Gasteiger partial charge in [0.05, 0.1) is 5.56 Å². The SMILES string of the molecule is Cc1cc(C(=O)NCc2cccc3c2C(=O)N(C2CCC(=O)NC2=O)C3O)nn1C. The number of imide groups is 1. The largest absolute Gasteiger partial charge is 0.369 e. The second kappa shape index (κ2) is 7.38. The number of fused-ring (bicyclic) bond motifs is 1. The number of aliphatic hydroxyl groups is 1. The summed E-state index contributed by atoms with van der Waals surface area (Å²) in [6.45, 7) is 1.89. The molecule has 2 atom stereocenters. The average Bonchev–Trinajstić information content (AvgIpc) is 3.17. The molecule has 10 heteroatoms. The van der Waals surface area contributed by atoms with Crippen molar-refractivity contribution in [2.45, 2.75) is 38.6 Å². The van der Waals surface area contributed by atoms with Crippen LogP contribution in [0.25, 0.3) is 0 Å². The van der Waals surface area contributed by atoms with E-state index < -0.39 is 30.0 Å². The molecule has 2 aliphatic rings. The molecule has 2 aromatic rings. The molecule has 3 N–H and O–H groups in total. The van der Waals surface area contributed by atoms with E-state index in [-0.39, 0.29) is 36.6 Å². The Balaban J connectivity index is 1.55. The fourth-order valence-electron chi connectivity index (χ4n) is 3.83. The van der Waals surface area contributed by atoms with Gasteiger partial charge < -0.3 is 10.4 Å². The van der Waals surface area contributed by atoms with Gasteiger partial charge in [0.1, 0.15) is 11.7 Å². The van der Waals surface area contributed by atoms with Crippen molar-refractivity contribution in [3.05, 3.63) is 52.3 Å². The van der Waals surface area contributed by atoms with E-state index in [0.29, 0.717) is 11.1 Å². The van der Waals surface area contributed by atoms with E-state index in [2.05, 4.69) is 15.7 Å². The summed E-state index contributed by atoms with van der Waals surface area (Å²) in [4.78, 5) is 50.2. The van der Waals surface area contributed by atoms with Crippen LogP contribution in [0.1, 0.15) is 56.7 Å². The summed E-state index contributed by atoms with van der Waals surface area (Å²) in [5.74, 6) is -1.90. The second-order valence-electron chi connectivity index (χ2n) is 7.41. The Morgan fingerprint density at radius 2 is 2.10 bits per heavy atom. The molecule has 1 saturated heterocycles. The lowest BCUT2D eigenvalue weighted by Gasteiger charge is -2.31. The first-order chi connectivity index (χ1) is 14.3. The summed E-state index contributed by atoms with van der Waals surface area (Å²) in [5.41, 5.74) is 2.24. The van der Waals surface area contributed by atoms with Crippen molar-refractivity contribution < 1.29 is 24.3 Å². The van der Waals surface area contributed by atoms with Crippen LogP contribution in [0, 0.1) is 6.92 Å². The molecule has 30 heavy (non-hydrogen) atoms. The Hall–Kier alpha value is -3.53. The van der Waals surface area contributed by atoms with Gasteiger partial charge in [-0.25, -0.2) is 0 Å². The number of hydrogen-bond donors (Lipinski definition) is 3. The van der Waals surface area contributed by atoms with Crippen molar-refractivity contribution in [3.8, 4) is 0 Å². The number of carbonyl (C=O) groups is 4. The Morgan fingerprint density at radius 3 is 2.77 bits per heavy atom. The first-order valence-corrected chi connectivity index (χ1v) is 9.53. The van der Waals surface area contributed by atoms with Crippen LogP contribution < -0.4 is 10.6 Å². The van der Waals surface area contributed by atoms with Gasteiger partial charge in [0.15, 0.2) is 6.23 Å². The maximum atomic E-state index is 13.1. The normalized spacial score (nSPS) is 20.9. The maximum Gasteiger partial charge on any atom is 0.272 e. The quantitative estimate of drug-likeness (QED) is 0.602. The number of carbonyl (C=O) groups excluding carboxylic acids is 4. The third-order valence-electron chi connectivity index (χ3n) is 5.50. The fraction of sp³-hybridized carbons (Fsp3) is 0.350. The molecule has 0 bridgehead atoms. The van der Waals surface area contributed by atoms with Crippen molar-refractivity contribution >= 4 is 23.6 Å². The van der Waals surface area contributed by atoms with Crippen LogP contribution in [0.3, 0.4) is 0 Å². The van der Waals surface area contributed by atoms with E-state index in [9.17, 15) is 24.3 Å². The molecular weight excluding hydrogens is 390 g/mol. The molecule has 1 fully saturated rings. The fourth-order valence-corrected chi connectivity index (χ4v) is 3.83. The predicted molar refractivity (Wildman–Crippen MR) is 103 cm³/mol. The van der Waals surface area contributed by atoms with E-state index in [1.807, 2.05) is 6.92 Å². The van der Waals surface area contributed by atoms with Crippen LogP contribution in [0.2, 0.25) is 0 Å². The van der Waals surface area contributed by atoms with Crippen molar-refractivity contribution in [2.24, 2.45) is 7.05 Å². The number of aromatic nitrogens is 2. The van der Waals surface area contributed by atoms with Gasteiger partial charge >= 0.3 is 0 Å². The number of benzene rings is 1. The van der Waals surface area contributed by atoms with Crippen LogP contribution in [0.5, 0.6) is 0 Å². The number of aliphatic hydroxyl groups excluding tert-OH is 1. The standard InChI is InChI=1S/C20H21N5O5/c1-10-8-13(23-24(10)2)17(27)21-9-11-4-3-5-12-16(11)20(30)25(19(12)29)14-6-7-15(26)22-18(14)28/h3-5,8,14,19,29H,6-7,9H2,1-2H3,(H,21,27)(H,22,26,28). The third kappa shape index (κ3) is 3.24. The van der Waals surface area contributed by atoms with Crippen molar-refractivity contribution in [1.29, 1.82) is 0 Å². The number of nitrogens with zero attached hydrogens (tertiary/aromatic N) is 3. The molecule has 0 spiro atoms. The lowest BCUT2D eigenvalue weighted by atomic mass is 10.0. The highest BCUT2D eigenvalue weighted by atomic mass is 16.3. The van der Waals surface area contributed by atoms with Gasteiger partial charge in [0.2, 0.25) is 11.8 Å². The topological polar surface area (TPSA) is 134 Å². The zero-order chi connectivity index (χ0) is 21.6. The van der Waals surface area contributed by atoms with Crippen molar-refractivity contribution in [1.82, 2.24) is 25.3 Å². The highest BCUT2D eigenvalue weighted by molar-refractivity contribution is 6.06. The summed E-state index contributed by atoms with van der Waals surface area (Å²) >= 11 is 0. The monoisotopic (exact) mass is 411 g/mol. The van der Waals surface area contributed by atoms with Crippen LogP contribution in [-0.4, -0.2) is 49.5 Å². The minimum Gasteiger partial charge on any atom is -0.369 e. The third-order valence-corrected chi connectivity index (χ3v) is 5.50. The summed E-state index contributed by atoms with van der Waals surface area (Å²) in [7, 11) is 1.74. The zero-order valence-electron chi connectivity index (χ0n) is 16.5. The number of aryl methyl sites for hydroxylation is 2. The van der Waals surface area contributed by atoms with E-state index >= 15 is 0 Å². The van der Waals surface area contributed by atoms with Gasteiger partial charge in [0, 0.05) is 31.3 Å². The highest BCUT2D eigenvalue weighted by Gasteiger charge is 2.45. The minimum absolute atomic E-state index is 0.0548. The molecule has 0 aliphatic carbocycles. The number of amides is 4. The number of nitrogens with one attached hydrogen (secondary N) is 2. The molecule has 4 amide bonds. The summed E-state index contributed by atoms with van der Waals surface area (Å²) in [6, 6.07) is 5.69. The molecule has 1 aromatic heterocycles. The first-order valence-electron chi connectivity index (χ1n) is 9.53. The van der Waals surface area contributed by atoms with Gasteiger partial charge in [-0.1, -0.05) is 18.2 Å². The molecule has 2 aliphatic heterocycles. The molecule has 3 heterocycles. The lowest BCUT2D eigenvalue weighted by Crippen LogP contribution is -2.53. The summed E-state index contributed by atoms with van der Waals surface area (Å²) in [6.07, 6.45) is -1.06. The smallest absolute Gasteiger partial charge is 0.272 e. The van der Waals surface area contributed by atoms with Crippen LogP contribution in [0.4, 0.5) is 0 Å². The second-order valence-corrected chi connectivity index (χ2v) is 7.41. The molecule has 0 saturated carbocycles. The molecule has 0 radical (unpaired) electrons. The first kappa shape index (κ1) is 19.8. The minimum atomic E-state index is -1.30. The maximum absolute atomic E-state index is 13.1. The van der Waals surface area contributed by atoms with Gasteiger partial charge in [-0.05, 0) is 25.0 Å². The predicted octanol–water partition coefficient (Wildman–Crippen LogP) is -0.0896. The van der Waals surface area contributed by atoms with Gasteiger partial charge in [0.25, 0.3) is 11.8 Å². The molecule has 2 unspecified atom stereocenters. The molecular formula is C20H21N5O5. The zero-order valence-corrected chi connectivity index (χ0v) is 16.5. The summed E-state index contributed by atoms with van der Waals surface area (Å²) in [5, 5.41) is 19.8. The van der Waals surface area contributed by atoms with E-state index in [1.54, 1.807) is 36.0 Å². The Labute approximate surface area is 171 Å². The van der Waals surface area contributed by atoms with Gasteiger partial charge in [-0.3, -0.25) is 34.1 Å². The van der Waals surface area contributed by atoms with E-state index in [1.165, 1.54) is 0 Å². The van der Waals surface area contributed by atoms with E-state index in [4.69, 9.17) is 0 Å². The average molecular weight is 411 g/mol.